The number of rotatable bonds is 1. The first-order valence-electron chi connectivity index (χ1n) is 4.00. The molecular formula is C10H11NOS. The lowest BCUT2D eigenvalue weighted by molar-refractivity contribution is 0.109. The van der Waals surface area contributed by atoms with Crippen molar-refractivity contribution in [2.45, 2.75) is 13.8 Å². The van der Waals surface area contributed by atoms with Gasteiger partial charge >= 0.3 is 0 Å². The van der Waals surface area contributed by atoms with Gasteiger partial charge in [-0.15, -0.1) is 0 Å². The molecule has 1 rings (SSSR count). The zero-order chi connectivity index (χ0) is 10.1. The molecule has 1 aromatic carbocycles. The summed E-state index contributed by atoms with van der Waals surface area (Å²) < 4.78 is 0. The molecule has 0 saturated carbocycles. The third-order valence-corrected chi connectivity index (χ3v) is 1.66. The number of benzene rings is 1. The Morgan fingerprint density at radius 2 is 1.85 bits per heavy atom. The van der Waals surface area contributed by atoms with Crippen LogP contribution in [0.3, 0.4) is 0 Å². The lowest BCUT2D eigenvalue weighted by Gasteiger charge is -1.91. The van der Waals surface area contributed by atoms with E-state index in [0.717, 1.165) is 0 Å². The van der Waals surface area contributed by atoms with E-state index in [1.54, 1.807) is 29.7 Å². The highest BCUT2D eigenvalue weighted by Crippen LogP contribution is 2.09. The second-order valence-electron chi connectivity index (χ2n) is 1.85. The summed E-state index contributed by atoms with van der Waals surface area (Å²) >= 11 is 0.651. The average molecular weight is 193 g/mol. The zero-order valence-corrected chi connectivity index (χ0v) is 8.47. The van der Waals surface area contributed by atoms with Crippen molar-refractivity contribution in [1.29, 1.82) is 5.26 Å². The number of thiocyanates is 1. The van der Waals surface area contributed by atoms with Crippen LogP contribution in [0.2, 0.25) is 0 Å². The quantitative estimate of drug-likeness (QED) is 0.643. The summed E-state index contributed by atoms with van der Waals surface area (Å²) in [5.41, 5.74) is 0.569. The fraction of sp³-hybridized carbons (Fsp3) is 0.200. The highest BCUT2D eigenvalue weighted by atomic mass is 32.2. The second kappa shape index (κ2) is 7.38. The maximum atomic E-state index is 11.0. The molecule has 0 saturated heterocycles. The van der Waals surface area contributed by atoms with Gasteiger partial charge in [0.2, 0.25) is 5.12 Å². The van der Waals surface area contributed by atoms with Crippen molar-refractivity contribution in [2.75, 3.05) is 0 Å². The van der Waals surface area contributed by atoms with Gasteiger partial charge in [-0.3, -0.25) is 4.79 Å². The van der Waals surface area contributed by atoms with E-state index in [1.807, 2.05) is 19.9 Å². The second-order valence-corrected chi connectivity index (χ2v) is 2.60. The Kier molecular flexibility index (Phi) is 6.66. The number of hydrogen-bond donors (Lipinski definition) is 0. The molecule has 0 fully saturated rings. The van der Waals surface area contributed by atoms with Gasteiger partial charge in [-0.2, -0.15) is 5.26 Å². The van der Waals surface area contributed by atoms with Crippen LogP contribution in [0.5, 0.6) is 0 Å². The molecule has 68 valence electrons. The van der Waals surface area contributed by atoms with Crippen molar-refractivity contribution < 1.29 is 4.79 Å². The molecule has 0 aliphatic rings. The number of nitriles is 1. The van der Waals surface area contributed by atoms with Gasteiger partial charge in [-0.25, -0.2) is 0 Å². The van der Waals surface area contributed by atoms with Crippen molar-refractivity contribution >= 4 is 16.9 Å². The zero-order valence-electron chi connectivity index (χ0n) is 7.65. The SMILES string of the molecule is CC.N#CSC(=O)c1ccccc1. The molecule has 2 nitrogen and oxygen atoms in total. The summed E-state index contributed by atoms with van der Waals surface area (Å²) in [6.07, 6.45) is 0. The van der Waals surface area contributed by atoms with E-state index in [4.69, 9.17) is 5.26 Å². The van der Waals surface area contributed by atoms with Crippen LogP contribution >= 0.6 is 11.8 Å². The van der Waals surface area contributed by atoms with E-state index in [-0.39, 0.29) is 5.12 Å². The standard InChI is InChI=1S/C8H5NOS.C2H6/c9-6-11-8(10)7-4-2-1-3-5-7;1-2/h1-5H;1-2H3. The van der Waals surface area contributed by atoms with Crippen molar-refractivity contribution in [3.05, 3.63) is 35.9 Å². The highest BCUT2D eigenvalue weighted by molar-refractivity contribution is 8.18. The van der Waals surface area contributed by atoms with Crippen LogP contribution in [0.15, 0.2) is 30.3 Å². The van der Waals surface area contributed by atoms with E-state index < -0.39 is 0 Å². The lowest BCUT2D eigenvalue weighted by atomic mass is 10.2. The molecule has 0 aromatic heterocycles. The molecule has 0 aliphatic heterocycles. The molecule has 0 aliphatic carbocycles. The van der Waals surface area contributed by atoms with Gasteiger partial charge in [0, 0.05) is 17.3 Å². The molecule has 0 N–H and O–H groups in total. The molecule has 0 bridgehead atoms. The van der Waals surface area contributed by atoms with Gasteiger partial charge in [0.25, 0.3) is 0 Å². The van der Waals surface area contributed by atoms with Gasteiger partial charge in [0.05, 0.1) is 0 Å². The maximum Gasteiger partial charge on any atom is 0.233 e. The van der Waals surface area contributed by atoms with E-state index >= 15 is 0 Å². The van der Waals surface area contributed by atoms with Crippen molar-refractivity contribution in [1.82, 2.24) is 0 Å². The molecule has 0 amide bonds. The van der Waals surface area contributed by atoms with E-state index in [9.17, 15) is 4.79 Å². The maximum absolute atomic E-state index is 11.0. The molecule has 0 spiro atoms. The minimum Gasteiger partial charge on any atom is -0.280 e. The van der Waals surface area contributed by atoms with Gasteiger partial charge in [0.15, 0.2) is 0 Å². The summed E-state index contributed by atoms with van der Waals surface area (Å²) in [7, 11) is 0. The Balaban J connectivity index is 0.000000671. The third-order valence-electron chi connectivity index (χ3n) is 1.15. The molecule has 3 heteroatoms. The first kappa shape index (κ1) is 11.7. The largest absolute Gasteiger partial charge is 0.280 e. The predicted molar refractivity (Wildman–Crippen MR) is 55.3 cm³/mol. The van der Waals surface area contributed by atoms with Crippen LogP contribution < -0.4 is 0 Å². The molecule has 13 heavy (non-hydrogen) atoms. The van der Waals surface area contributed by atoms with Crippen LogP contribution in [0.4, 0.5) is 0 Å². The molecule has 0 radical (unpaired) electrons. The number of nitrogens with zero attached hydrogens (tertiary/aromatic N) is 1. The van der Waals surface area contributed by atoms with E-state index in [0.29, 0.717) is 17.3 Å². The minimum atomic E-state index is -0.201. The Morgan fingerprint density at radius 3 is 2.31 bits per heavy atom. The topological polar surface area (TPSA) is 40.9 Å². The van der Waals surface area contributed by atoms with Crippen molar-refractivity contribution in [2.24, 2.45) is 0 Å². The van der Waals surface area contributed by atoms with Gasteiger partial charge in [-0.05, 0) is 0 Å². The average Bonchev–Trinajstić information content (AvgIpc) is 2.23. The van der Waals surface area contributed by atoms with Crippen molar-refractivity contribution in [3.8, 4) is 5.40 Å². The molecule has 1 aromatic rings. The summed E-state index contributed by atoms with van der Waals surface area (Å²) in [6, 6.07) is 8.74. The van der Waals surface area contributed by atoms with Gasteiger partial charge < -0.3 is 0 Å². The number of carbonyl (C=O) groups excluding carboxylic acids is 1. The Bertz CT molecular complexity index is 290. The fourth-order valence-corrected chi connectivity index (χ4v) is 1.01. The number of hydrogen-bond acceptors (Lipinski definition) is 3. The number of carbonyl (C=O) groups is 1. The molecule has 0 heterocycles. The summed E-state index contributed by atoms with van der Waals surface area (Å²) in [4.78, 5) is 11.0. The molecule has 0 atom stereocenters. The monoisotopic (exact) mass is 193 g/mol. The molecular weight excluding hydrogens is 182 g/mol. The van der Waals surface area contributed by atoms with Crippen LogP contribution in [0, 0.1) is 10.7 Å². The van der Waals surface area contributed by atoms with Gasteiger partial charge in [0.1, 0.15) is 5.40 Å². The minimum absolute atomic E-state index is 0.201. The Hall–Kier alpha value is -1.27. The Labute approximate surface area is 82.6 Å². The first-order valence-corrected chi connectivity index (χ1v) is 4.81. The number of thioether (sulfide) groups is 1. The first-order chi connectivity index (χ1) is 6.34. The summed E-state index contributed by atoms with van der Waals surface area (Å²) in [6.45, 7) is 4.00. The third kappa shape index (κ3) is 4.34. The normalized spacial score (nSPS) is 7.77. The van der Waals surface area contributed by atoms with E-state index in [1.165, 1.54) is 0 Å². The van der Waals surface area contributed by atoms with Gasteiger partial charge in [-0.1, -0.05) is 44.2 Å². The molecule has 0 unspecified atom stereocenters. The lowest BCUT2D eigenvalue weighted by Crippen LogP contribution is -1.89. The summed E-state index contributed by atoms with van der Waals surface area (Å²) in [5, 5.41) is 9.72. The van der Waals surface area contributed by atoms with E-state index in [2.05, 4.69) is 0 Å². The summed E-state index contributed by atoms with van der Waals surface area (Å²) in [5.74, 6) is 0. The smallest absolute Gasteiger partial charge is 0.233 e. The van der Waals surface area contributed by atoms with Crippen LogP contribution in [0.25, 0.3) is 0 Å². The van der Waals surface area contributed by atoms with Crippen LogP contribution in [-0.2, 0) is 0 Å². The Morgan fingerprint density at radius 1 is 1.31 bits per heavy atom. The fourth-order valence-electron chi connectivity index (χ4n) is 0.675. The van der Waals surface area contributed by atoms with Crippen LogP contribution in [0.1, 0.15) is 24.2 Å². The predicted octanol–water partition coefficient (Wildman–Crippen LogP) is 3.07. The van der Waals surface area contributed by atoms with Crippen molar-refractivity contribution in [3.63, 3.8) is 0 Å². The van der Waals surface area contributed by atoms with Crippen LogP contribution in [-0.4, -0.2) is 5.12 Å². The highest BCUT2D eigenvalue weighted by Gasteiger charge is 2.03.